The van der Waals surface area contributed by atoms with Gasteiger partial charge in [0, 0.05) is 0 Å². The molecule has 0 radical (unpaired) electrons. The average molecular weight is 249 g/mol. The molecule has 8 heteroatoms. The van der Waals surface area contributed by atoms with Crippen molar-refractivity contribution in [1.29, 1.82) is 0 Å². The molecule has 0 spiro atoms. The predicted molar refractivity (Wildman–Crippen MR) is 62.7 cm³/mol. The zero-order valence-electron chi connectivity index (χ0n) is 10.2. The maximum Gasteiger partial charge on any atom is 0.451 e. The summed E-state index contributed by atoms with van der Waals surface area (Å²) in [6.07, 6.45) is 2.44. The molecule has 0 saturated heterocycles. The van der Waals surface area contributed by atoms with Crippen molar-refractivity contribution in [2.24, 2.45) is 0 Å². The van der Waals surface area contributed by atoms with Crippen LogP contribution in [0.4, 0.5) is 0 Å². The number of carboxylic acids is 2. The summed E-state index contributed by atoms with van der Waals surface area (Å²) >= 11 is 0. The first kappa shape index (κ1) is 18.3. The van der Waals surface area contributed by atoms with Gasteiger partial charge in [-0.25, -0.2) is 0 Å². The van der Waals surface area contributed by atoms with Crippen LogP contribution in [-0.2, 0) is 9.59 Å². The maximum absolute atomic E-state index is 9.96. The Morgan fingerprint density at radius 1 is 1.12 bits per heavy atom. The van der Waals surface area contributed by atoms with Gasteiger partial charge in [0.05, 0.1) is 13.1 Å². The quantitative estimate of drug-likeness (QED) is 0.442. The van der Waals surface area contributed by atoms with Crippen LogP contribution in [0, 0.1) is 0 Å². The first-order chi connectivity index (χ1) is 7.79. The van der Waals surface area contributed by atoms with E-state index in [1.165, 1.54) is 11.9 Å². The van der Waals surface area contributed by atoms with E-state index in [9.17, 15) is 9.59 Å². The number of rotatable bonds is 7. The second-order valence-corrected chi connectivity index (χ2v) is 3.58. The van der Waals surface area contributed by atoms with E-state index >= 15 is 0 Å². The topological polar surface area (TPSA) is 118 Å². The molecule has 0 saturated carbocycles. The van der Waals surface area contributed by atoms with Crippen LogP contribution in [0.2, 0.25) is 6.32 Å². The molecule has 0 amide bonds. The Morgan fingerprint density at radius 3 is 1.71 bits per heavy atom. The molecule has 0 aliphatic rings. The van der Waals surface area contributed by atoms with Gasteiger partial charge in [-0.05, 0) is 13.4 Å². The molecule has 0 aromatic heterocycles. The molecule has 0 heterocycles. The molecule has 0 fully saturated rings. The van der Waals surface area contributed by atoms with Gasteiger partial charge in [-0.2, -0.15) is 0 Å². The maximum atomic E-state index is 9.96. The Balaban J connectivity index is 0. The van der Waals surface area contributed by atoms with Crippen LogP contribution in [0.1, 0.15) is 19.8 Å². The van der Waals surface area contributed by atoms with Crippen molar-refractivity contribution < 1.29 is 29.9 Å². The van der Waals surface area contributed by atoms with Gasteiger partial charge in [-0.3, -0.25) is 14.5 Å². The average Bonchev–Trinajstić information content (AvgIpc) is 2.12. The minimum atomic E-state index is -1.10. The lowest BCUT2D eigenvalue weighted by Crippen LogP contribution is -2.30. The third kappa shape index (κ3) is 20.9. The largest absolute Gasteiger partial charge is 0.480 e. The SMILES string of the molecule is CCCCB(O)O.CN(CC(=O)O)CC(=O)O. The van der Waals surface area contributed by atoms with Crippen LogP contribution in [-0.4, -0.2) is 64.4 Å². The molecule has 0 atom stereocenters. The molecule has 0 bridgehead atoms. The summed E-state index contributed by atoms with van der Waals surface area (Å²) in [5.41, 5.74) is 0. The molecular weight excluding hydrogens is 229 g/mol. The first-order valence-corrected chi connectivity index (χ1v) is 5.27. The Hall–Kier alpha value is -1.12. The van der Waals surface area contributed by atoms with Crippen LogP contribution in [0.5, 0.6) is 0 Å². The minimum Gasteiger partial charge on any atom is -0.480 e. The summed E-state index contributed by atoms with van der Waals surface area (Å²) in [5.74, 6) is -2.05. The fourth-order valence-corrected chi connectivity index (χ4v) is 0.904. The summed E-state index contributed by atoms with van der Waals surface area (Å²) in [5, 5.41) is 32.8. The van der Waals surface area contributed by atoms with Crippen molar-refractivity contribution in [3.05, 3.63) is 0 Å². The Labute approximate surface area is 101 Å². The van der Waals surface area contributed by atoms with Gasteiger partial charge in [-0.1, -0.05) is 19.8 Å². The van der Waals surface area contributed by atoms with Gasteiger partial charge < -0.3 is 20.3 Å². The Kier molecular flexibility index (Phi) is 12.2. The third-order valence-corrected chi connectivity index (χ3v) is 1.63. The summed E-state index contributed by atoms with van der Waals surface area (Å²) in [6.45, 7) is 1.53. The van der Waals surface area contributed by atoms with E-state index in [-0.39, 0.29) is 13.1 Å². The van der Waals surface area contributed by atoms with Gasteiger partial charge in [0.15, 0.2) is 0 Å². The van der Waals surface area contributed by atoms with Gasteiger partial charge in [0.1, 0.15) is 0 Å². The number of aliphatic carboxylic acids is 2. The lowest BCUT2D eigenvalue weighted by Gasteiger charge is -2.08. The van der Waals surface area contributed by atoms with Crippen molar-refractivity contribution in [3.8, 4) is 0 Å². The fourth-order valence-electron chi connectivity index (χ4n) is 0.904. The highest BCUT2D eigenvalue weighted by Gasteiger charge is 2.06. The van der Waals surface area contributed by atoms with E-state index in [0.717, 1.165) is 12.8 Å². The van der Waals surface area contributed by atoms with Gasteiger partial charge >= 0.3 is 19.1 Å². The smallest absolute Gasteiger partial charge is 0.451 e. The number of carboxylic acid groups (broad SMARTS) is 2. The van der Waals surface area contributed by atoms with Crippen molar-refractivity contribution in [1.82, 2.24) is 4.90 Å². The number of carbonyl (C=O) groups is 2. The number of unbranched alkanes of at least 4 members (excludes halogenated alkanes) is 1. The molecule has 4 N–H and O–H groups in total. The molecule has 0 unspecified atom stereocenters. The first-order valence-electron chi connectivity index (χ1n) is 5.27. The monoisotopic (exact) mass is 249 g/mol. The third-order valence-electron chi connectivity index (χ3n) is 1.63. The molecule has 0 aliphatic heterocycles. The van der Waals surface area contributed by atoms with E-state index in [2.05, 4.69) is 0 Å². The second kappa shape index (κ2) is 11.4. The molecule has 0 aliphatic carbocycles. The number of hydrogen-bond acceptors (Lipinski definition) is 5. The van der Waals surface area contributed by atoms with Gasteiger partial charge in [-0.15, -0.1) is 0 Å². The summed E-state index contributed by atoms with van der Waals surface area (Å²) in [4.78, 5) is 21.1. The number of hydrogen-bond donors (Lipinski definition) is 4. The second-order valence-electron chi connectivity index (χ2n) is 3.58. The highest BCUT2D eigenvalue weighted by molar-refractivity contribution is 6.40. The van der Waals surface area contributed by atoms with Gasteiger partial charge in [0.25, 0.3) is 0 Å². The van der Waals surface area contributed by atoms with E-state index in [4.69, 9.17) is 20.3 Å². The van der Waals surface area contributed by atoms with Crippen molar-refractivity contribution in [3.63, 3.8) is 0 Å². The van der Waals surface area contributed by atoms with Crippen LogP contribution in [0.25, 0.3) is 0 Å². The summed E-state index contributed by atoms with van der Waals surface area (Å²) < 4.78 is 0. The zero-order valence-corrected chi connectivity index (χ0v) is 10.2. The molecule has 0 aromatic rings. The van der Waals surface area contributed by atoms with Crippen molar-refractivity contribution >= 4 is 19.1 Å². The van der Waals surface area contributed by atoms with E-state index < -0.39 is 19.1 Å². The molecule has 0 aromatic carbocycles. The van der Waals surface area contributed by atoms with Crippen LogP contribution in [0.15, 0.2) is 0 Å². The minimum absolute atomic E-state index is 0.244. The van der Waals surface area contributed by atoms with Crippen LogP contribution in [0.3, 0.4) is 0 Å². The lowest BCUT2D eigenvalue weighted by molar-refractivity contribution is -0.141. The Morgan fingerprint density at radius 2 is 1.53 bits per heavy atom. The highest BCUT2D eigenvalue weighted by atomic mass is 16.4. The number of likely N-dealkylation sites (N-methyl/N-ethyl adjacent to an activating group) is 1. The molecule has 17 heavy (non-hydrogen) atoms. The van der Waals surface area contributed by atoms with Crippen molar-refractivity contribution in [2.75, 3.05) is 20.1 Å². The number of nitrogens with zero attached hydrogens (tertiary/aromatic N) is 1. The van der Waals surface area contributed by atoms with E-state index in [1.807, 2.05) is 6.92 Å². The van der Waals surface area contributed by atoms with E-state index in [1.54, 1.807) is 0 Å². The molecule has 7 nitrogen and oxygen atoms in total. The van der Waals surface area contributed by atoms with Crippen molar-refractivity contribution in [2.45, 2.75) is 26.1 Å². The van der Waals surface area contributed by atoms with Crippen LogP contribution < -0.4 is 0 Å². The standard InChI is InChI=1S/C5H9NO4.C4H11BO2/c1-6(2-4(7)8)3-5(9)10;1-2-3-4-5(6)7/h2-3H2,1H3,(H,7,8)(H,9,10);6-7H,2-4H2,1H3. The van der Waals surface area contributed by atoms with E-state index in [0.29, 0.717) is 6.32 Å². The Bertz CT molecular complexity index is 208. The molecular formula is C9H20BNO6. The van der Waals surface area contributed by atoms with Crippen LogP contribution >= 0.6 is 0 Å². The predicted octanol–water partition coefficient (Wildman–Crippen LogP) is -0.653. The normalized spacial score (nSPS) is 9.47. The molecule has 100 valence electrons. The molecule has 0 rings (SSSR count). The fraction of sp³-hybridized carbons (Fsp3) is 0.778. The summed E-state index contributed by atoms with van der Waals surface area (Å²) in [7, 11) is 0.336. The summed E-state index contributed by atoms with van der Waals surface area (Å²) in [6, 6.07) is 0. The highest BCUT2D eigenvalue weighted by Crippen LogP contribution is 1.94. The van der Waals surface area contributed by atoms with Gasteiger partial charge in [0.2, 0.25) is 0 Å². The zero-order chi connectivity index (χ0) is 13.8. The lowest BCUT2D eigenvalue weighted by atomic mass is 9.84.